The Labute approximate surface area is 223 Å². The Balaban J connectivity index is 1.88. The molecule has 2 unspecified atom stereocenters. The van der Waals surface area contributed by atoms with Gasteiger partial charge in [-0.25, -0.2) is 17.8 Å². The van der Waals surface area contributed by atoms with Crippen molar-refractivity contribution in [3.63, 3.8) is 0 Å². The molecule has 8 nitrogen and oxygen atoms in total. The number of rotatable bonds is 7. The third kappa shape index (κ3) is 6.24. The highest BCUT2D eigenvalue weighted by Gasteiger charge is 2.35. The van der Waals surface area contributed by atoms with E-state index in [1.165, 1.54) is 22.7 Å². The topological polar surface area (TPSA) is 109 Å². The summed E-state index contributed by atoms with van der Waals surface area (Å²) in [7, 11) is -3.55. The van der Waals surface area contributed by atoms with Crippen molar-refractivity contribution < 1.29 is 32.2 Å². The minimum atomic E-state index is -3.55. The van der Waals surface area contributed by atoms with E-state index in [4.69, 9.17) is 14.5 Å². The van der Waals surface area contributed by atoms with E-state index in [0.717, 1.165) is 22.3 Å². The molecule has 0 N–H and O–H groups in total. The highest BCUT2D eigenvalue weighted by molar-refractivity contribution is 7.92. The molecular formula is C28H34FN2O6S-. The summed E-state index contributed by atoms with van der Waals surface area (Å²) in [6.07, 6.45) is 5.29. The molecule has 206 valence electrons. The van der Waals surface area contributed by atoms with Crippen molar-refractivity contribution >= 4 is 27.9 Å². The van der Waals surface area contributed by atoms with Crippen molar-refractivity contribution in [1.29, 1.82) is 0 Å². The Morgan fingerprint density at radius 1 is 1.26 bits per heavy atom. The lowest BCUT2D eigenvalue weighted by Gasteiger charge is -2.40. The predicted molar refractivity (Wildman–Crippen MR) is 141 cm³/mol. The van der Waals surface area contributed by atoms with Gasteiger partial charge in [0.2, 0.25) is 10.0 Å². The van der Waals surface area contributed by atoms with E-state index in [1.807, 2.05) is 26.0 Å². The summed E-state index contributed by atoms with van der Waals surface area (Å²) in [6.45, 7) is 7.79. The number of hydrogen-bond acceptors (Lipinski definition) is 7. The van der Waals surface area contributed by atoms with Crippen LogP contribution in [0.1, 0.15) is 69.7 Å². The van der Waals surface area contributed by atoms with Gasteiger partial charge in [0.15, 0.2) is 5.79 Å². The van der Waals surface area contributed by atoms with Crippen LogP contribution in [-0.2, 0) is 30.7 Å². The number of aromatic nitrogens is 1. The molecule has 0 spiro atoms. The lowest BCUT2D eigenvalue weighted by molar-refractivity contribution is -0.320. The number of aliphatic carboxylic acids is 1. The first-order valence-corrected chi connectivity index (χ1v) is 14.6. The number of nitrogens with zero attached hydrogens (tertiary/aromatic N) is 2. The zero-order valence-corrected chi connectivity index (χ0v) is 23.2. The lowest BCUT2D eigenvalue weighted by Crippen LogP contribution is -2.45. The summed E-state index contributed by atoms with van der Waals surface area (Å²) < 4.78 is 52.4. The molecule has 1 fully saturated rings. The Morgan fingerprint density at radius 3 is 2.55 bits per heavy atom. The number of carbonyl (C=O) groups excluding carboxylic acids is 1. The fraction of sp³-hybridized carbons (Fsp3) is 0.500. The van der Waals surface area contributed by atoms with Crippen LogP contribution in [0.25, 0.3) is 17.2 Å². The number of carbonyl (C=O) groups is 1. The number of hydrogen-bond donors (Lipinski definition) is 0. The molecule has 0 bridgehead atoms. The summed E-state index contributed by atoms with van der Waals surface area (Å²) in [5, 5.41) is 11.2. The van der Waals surface area contributed by atoms with Crippen molar-refractivity contribution in [3.05, 3.63) is 53.0 Å². The van der Waals surface area contributed by atoms with Gasteiger partial charge < -0.3 is 19.4 Å². The first-order chi connectivity index (χ1) is 17.7. The smallest absolute Gasteiger partial charge is 0.233 e. The number of anilines is 1. The third-order valence-corrected chi connectivity index (χ3v) is 7.86. The van der Waals surface area contributed by atoms with Crippen LogP contribution < -0.4 is 9.41 Å². The molecule has 10 heteroatoms. The van der Waals surface area contributed by atoms with Crippen LogP contribution in [0.2, 0.25) is 0 Å². The van der Waals surface area contributed by atoms with Gasteiger partial charge in [-0.2, -0.15) is 0 Å². The number of benzene rings is 1. The first-order valence-electron chi connectivity index (χ1n) is 12.8. The average Bonchev–Trinajstić information content (AvgIpc) is 2.80. The number of sulfonamides is 1. The minimum Gasteiger partial charge on any atom is -0.550 e. The highest BCUT2D eigenvalue weighted by Crippen LogP contribution is 2.41. The number of ether oxygens (including phenoxy) is 2. The summed E-state index contributed by atoms with van der Waals surface area (Å²) >= 11 is 0. The molecular weight excluding hydrogens is 511 g/mol. The van der Waals surface area contributed by atoms with E-state index in [9.17, 15) is 22.7 Å². The van der Waals surface area contributed by atoms with Crippen molar-refractivity contribution in [3.8, 4) is 11.1 Å². The van der Waals surface area contributed by atoms with Crippen LogP contribution in [0, 0.1) is 5.82 Å². The zero-order valence-electron chi connectivity index (χ0n) is 22.4. The second kappa shape index (κ2) is 10.7. The Kier molecular flexibility index (Phi) is 7.97. The van der Waals surface area contributed by atoms with E-state index >= 15 is 0 Å². The maximum Gasteiger partial charge on any atom is 0.233 e. The molecule has 2 aliphatic rings. The van der Waals surface area contributed by atoms with Crippen LogP contribution >= 0.6 is 0 Å². The molecule has 1 aromatic carbocycles. The highest BCUT2D eigenvalue weighted by atomic mass is 32.2. The van der Waals surface area contributed by atoms with Gasteiger partial charge in [0.05, 0.1) is 24.2 Å². The van der Waals surface area contributed by atoms with Gasteiger partial charge >= 0.3 is 0 Å². The second-order valence-corrected chi connectivity index (χ2v) is 12.6. The average molecular weight is 546 g/mol. The fourth-order valence-corrected chi connectivity index (χ4v) is 6.18. The quantitative estimate of drug-likeness (QED) is 0.521. The fourth-order valence-electron chi connectivity index (χ4n) is 5.25. The summed E-state index contributed by atoms with van der Waals surface area (Å²) in [4.78, 5) is 16.1. The molecule has 2 aromatic rings. The molecule has 3 heterocycles. The van der Waals surface area contributed by atoms with E-state index < -0.39 is 34.0 Å². The van der Waals surface area contributed by atoms with Crippen LogP contribution in [0.3, 0.4) is 0 Å². The Morgan fingerprint density at radius 2 is 1.95 bits per heavy atom. The normalized spacial score (nSPS) is 21.6. The van der Waals surface area contributed by atoms with Gasteiger partial charge in [0.25, 0.3) is 0 Å². The molecule has 2 atom stereocenters. The van der Waals surface area contributed by atoms with Crippen LogP contribution in [-0.4, -0.2) is 50.2 Å². The van der Waals surface area contributed by atoms with Crippen LogP contribution in [0.5, 0.6) is 0 Å². The molecule has 38 heavy (non-hydrogen) atoms. The molecule has 2 aliphatic heterocycles. The van der Waals surface area contributed by atoms with Crippen molar-refractivity contribution in [2.45, 2.75) is 77.3 Å². The van der Waals surface area contributed by atoms with Gasteiger partial charge in [-0.1, -0.05) is 38.1 Å². The van der Waals surface area contributed by atoms with E-state index in [1.54, 1.807) is 26.0 Å². The first kappa shape index (κ1) is 28.2. The van der Waals surface area contributed by atoms with Gasteiger partial charge in [-0.05, 0) is 55.9 Å². The van der Waals surface area contributed by atoms with Gasteiger partial charge in [-0.3, -0.25) is 4.31 Å². The summed E-state index contributed by atoms with van der Waals surface area (Å²) in [6, 6.07) is 6.15. The molecule has 1 saturated heterocycles. The standard InChI is InChI=1S/C28H35FN2O6S/c1-17(2)26-22(13-12-20-15-21(16-24(32)33)37-28(3,4)36-20)25(18-8-10-19(29)11-9-18)23-7-6-14-31(27(23)30-26)38(5,34)35/h8-13,17,20-21H,6-7,14-16H2,1-5H3,(H,32,33)/p-1. The van der Waals surface area contributed by atoms with E-state index in [0.29, 0.717) is 37.3 Å². The van der Waals surface area contributed by atoms with Crippen molar-refractivity contribution in [2.24, 2.45) is 0 Å². The van der Waals surface area contributed by atoms with Crippen molar-refractivity contribution in [1.82, 2.24) is 4.98 Å². The number of carboxylic acid groups (broad SMARTS) is 1. The monoisotopic (exact) mass is 545 g/mol. The molecule has 0 amide bonds. The maximum absolute atomic E-state index is 13.9. The molecule has 0 radical (unpaired) electrons. The lowest BCUT2D eigenvalue weighted by atomic mass is 9.87. The van der Waals surface area contributed by atoms with Gasteiger partial charge in [0, 0.05) is 36.5 Å². The third-order valence-electron chi connectivity index (χ3n) is 6.70. The summed E-state index contributed by atoms with van der Waals surface area (Å²) in [5.41, 5.74) is 3.85. The van der Waals surface area contributed by atoms with E-state index in [2.05, 4.69) is 0 Å². The van der Waals surface area contributed by atoms with Gasteiger partial charge in [0.1, 0.15) is 11.6 Å². The maximum atomic E-state index is 13.9. The number of halogens is 1. The second-order valence-electron chi connectivity index (χ2n) is 10.7. The molecule has 0 saturated carbocycles. The SMILES string of the molecule is CC(C)c1nc2c(c(-c3ccc(F)cc3)c1C=CC1CC(CC(=O)[O-])OC(C)(C)O1)CCCN2S(C)(=O)=O. The van der Waals surface area contributed by atoms with Crippen LogP contribution in [0.15, 0.2) is 30.3 Å². The largest absolute Gasteiger partial charge is 0.550 e. The number of fused-ring (bicyclic) bond motifs is 1. The Hall–Kier alpha value is -2.82. The zero-order chi connectivity index (χ0) is 27.8. The molecule has 0 aliphatic carbocycles. The van der Waals surface area contributed by atoms with Gasteiger partial charge in [-0.15, -0.1) is 0 Å². The predicted octanol–water partition coefficient (Wildman–Crippen LogP) is 3.79. The molecule has 4 rings (SSSR count). The number of carboxylic acids is 1. The molecule has 1 aromatic heterocycles. The van der Waals surface area contributed by atoms with E-state index in [-0.39, 0.29) is 18.2 Å². The number of pyridine rings is 1. The van der Waals surface area contributed by atoms with Crippen LogP contribution in [0.4, 0.5) is 10.2 Å². The Bertz CT molecular complexity index is 1340. The minimum absolute atomic E-state index is 0.0552. The van der Waals surface area contributed by atoms with Crippen molar-refractivity contribution in [2.75, 3.05) is 17.1 Å². The summed E-state index contributed by atoms with van der Waals surface area (Å²) in [5.74, 6) is -2.19.